The van der Waals surface area contributed by atoms with Crippen LogP contribution < -0.4 is 10.6 Å². The summed E-state index contributed by atoms with van der Waals surface area (Å²) >= 11 is 0.978. The van der Waals surface area contributed by atoms with E-state index in [1.165, 1.54) is 11.0 Å². The number of hydrogen-bond acceptors (Lipinski definition) is 4. The number of aromatic nitrogens is 1. The molecule has 0 amide bonds. The quantitative estimate of drug-likeness (QED) is 0.881. The highest BCUT2D eigenvalue weighted by Gasteiger charge is 2.32. The van der Waals surface area contributed by atoms with Gasteiger partial charge in [0.05, 0.1) is 0 Å². The Labute approximate surface area is 89.9 Å². The lowest BCUT2D eigenvalue weighted by Gasteiger charge is -2.27. The van der Waals surface area contributed by atoms with Crippen LogP contribution in [0.1, 0.15) is 13.8 Å². The monoisotopic (exact) mass is 239 g/mol. The van der Waals surface area contributed by atoms with Gasteiger partial charge in [-0.15, -0.1) is 0 Å². The highest BCUT2D eigenvalue weighted by atomic mass is 32.1. The van der Waals surface area contributed by atoms with E-state index in [0.29, 0.717) is 5.00 Å². The third kappa shape index (κ3) is 3.58. The largest absolute Gasteiger partial charge is 0.405 e. The number of nitrogens with two attached hydrogens (primary N) is 1. The molecule has 1 aromatic heterocycles. The van der Waals surface area contributed by atoms with Crippen LogP contribution in [0.3, 0.4) is 0 Å². The SMILES string of the molecule is CC(C)N(CC(F)(F)F)c1cc(N)ns1. The summed E-state index contributed by atoms with van der Waals surface area (Å²) in [4.78, 5) is 1.23. The van der Waals surface area contributed by atoms with E-state index in [1.54, 1.807) is 13.8 Å². The van der Waals surface area contributed by atoms with Gasteiger partial charge < -0.3 is 10.6 Å². The molecule has 0 aliphatic heterocycles. The van der Waals surface area contributed by atoms with Gasteiger partial charge in [-0.1, -0.05) is 0 Å². The standard InChI is InChI=1S/C8H12F3N3S/c1-5(2)14(4-8(9,10)11)7-3-6(12)13-15-7/h3,5H,4H2,1-2H3,(H2,12,13). The highest BCUT2D eigenvalue weighted by molar-refractivity contribution is 7.10. The lowest BCUT2D eigenvalue weighted by Crippen LogP contribution is -2.38. The van der Waals surface area contributed by atoms with Crippen molar-refractivity contribution in [1.29, 1.82) is 0 Å². The third-order valence-electron chi connectivity index (χ3n) is 1.77. The summed E-state index contributed by atoms with van der Waals surface area (Å²) in [7, 11) is 0. The average Bonchev–Trinajstić information content (AvgIpc) is 2.45. The van der Waals surface area contributed by atoms with Crippen molar-refractivity contribution in [1.82, 2.24) is 4.37 Å². The second-order valence-electron chi connectivity index (χ2n) is 3.43. The molecule has 86 valence electrons. The van der Waals surface area contributed by atoms with Crippen LogP contribution in [0.5, 0.6) is 0 Å². The number of anilines is 2. The van der Waals surface area contributed by atoms with Crippen LogP contribution in [0.2, 0.25) is 0 Å². The van der Waals surface area contributed by atoms with Crippen molar-refractivity contribution in [3.63, 3.8) is 0 Å². The van der Waals surface area contributed by atoms with E-state index < -0.39 is 12.7 Å². The van der Waals surface area contributed by atoms with Crippen molar-refractivity contribution in [3.05, 3.63) is 6.07 Å². The van der Waals surface area contributed by atoms with Crippen LogP contribution in [-0.2, 0) is 0 Å². The van der Waals surface area contributed by atoms with Gasteiger partial charge in [0.1, 0.15) is 17.4 Å². The van der Waals surface area contributed by atoms with Crippen LogP contribution in [0.4, 0.5) is 24.0 Å². The first-order valence-corrected chi connectivity index (χ1v) is 5.12. The second-order valence-corrected chi connectivity index (χ2v) is 4.21. The summed E-state index contributed by atoms with van der Waals surface area (Å²) < 4.78 is 40.6. The molecule has 15 heavy (non-hydrogen) atoms. The predicted molar refractivity (Wildman–Crippen MR) is 55.1 cm³/mol. The maximum absolute atomic E-state index is 12.3. The van der Waals surface area contributed by atoms with E-state index in [9.17, 15) is 13.2 Å². The Morgan fingerprint density at radius 3 is 2.47 bits per heavy atom. The minimum Gasteiger partial charge on any atom is -0.383 e. The van der Waals surface area contributed by atoms with Gasteiger partial charge in [-0.3, -0.25) is 0 Å². The average molecular weight is 239 g/mol. The summed E-state index contributed by atoms with van der Waals surface area (Å²) in [5.41, 5.74) is 5.37. The molecule has 1 aromatic rings. The van der Waals surface area contributed by atoms with E-state index in [2.05, 4.69) is 4.37 Å². The number of nitrogens with zero attached hydrogens (tertiary/aromatic N) is 2. The number of rotatable bonds is 3. The topological polar surface area (TPSA) is 42.1 Å². The van der Waals surface area contributed by atoms with Crippen LogP contribution in [-0.4, -0.2) is 23.1 Å². The highest BCUT2D eigenvalue weighted by Crippen LogP contribution is 2.28. The minimum atomic E-state index is -4.22. The molecular formula is C8H12F3N3S. The Balaban J connectivity index is 2.84. The van der Waals surface area contributed by atoms with Crippen molar-refractivity contribution >= 4 is 22.4 Å². The van der Waals surface area contributed by atoms with E-state index >= 15 is 0 Å². The third-order valence-corrected chi connectivity index (χ3v) is 2.61. The summed E-state index contributed by atoms with van der Waals surface area (Å²) in [6, 6.07) is 1.21. The molecule has 1 heterocycles. The molecule has 0 aliphatic carbocycles. The zero-order valence-electron chi connectivity index (χ0n) is 8.38. The van der Waals surface area contributed by atoms with Crippen molar-refractivity contribution in [2.24, 2.45) is 0 Å². The fourth-order valence-corrected chi connectivity index (χ4v) is 1.93. The number of halogens is 3. The molecule has 0 unspecified atom stereocenters. The lowest BCUT2D eigenvalue weighted by atomic mass is 10.3. The summed E-state index contributed by atoms with van der Waals surface area (Å²) in [5.74, 6) is 0.253. The van der Waals surface area contributed by atoms with Crippen LogP contribution in [0.15, 0.2) is 6.07 Å². The molecule has 0 spiro atoms. The molecule has 0 fully saturated rings. The van der Waals surface area contributed by atoms with Gasteiger partial charge in [0.25, 0.3) is 0 Å². The fraction of sp³-hybridized carbons (Fsp3) is 0.625. The Morgan fingerprint density at radius 1 is 1.53 bits per heavy atom. The zero-order chi connectivity index (χ0) is 11.6. The Bertz CT molecular complexity index is 321. The molecule has 3 nitrogen and oxygen atoms in total. The fourth-order valence-electron chi connectivity index (χ4n) is 1.12. The Kier molecular flexibility index (Phi) is 3.43. The zero-order valence-corrected chi connectivity index (χ0v) is 9.19. The van der Waals surface area contributed by atoms with Gasteiger partial charge in [0.15, 0.2) is 0 Å². The molecule has 0 saturated carbocycles. The smallest absolute Gasteiger partial charge is 0.383 e. The number of hydrogen-bond donors (Lipinski definition) is 1. The van der Waals surface area contributed by atoms with E-state index in [0.717, 1.165) is 11.5 Å². The lowest BCUT2D eigenvalue weighted by molar-refractivity contribution is -0.120. The van der Waals surface area contributed by atoms with Crippen molar-refractivity contribution in [2.75, 3.05) is 17.2 Å². The first-order valence-electron chi connectivity index (χ1n) is 4.35. The summed E-state index contributed by atoms with van der Waals surface area (Å²) in [6.45, 7) is 2.41. The summed E-state index contributed by atoms with van der Waals surface area (Å²) in [6.07, 6.45) is -4.22. The maximum Gasteiger partial charge on any atom is 0.405 e. The molecule has 0 saturated heterocycles. The van der Waals surface area contributed by atoms with Crippen molar-refractivity contribution in [3.8, 4) is 0 Å². The van der Waals surface area contributed by atoms with Gasteiger partial charge in [0.2, 0.25) is 0 Å². The predicted octanol–water partition coefficient (Wildman–Crippen LogP) is 2.50. The number of alkyl halides is 3. The molecule has 1 rings (SSSR count). The molecule has 7 heteroatoms. The normalized spacial score (nSPS) is 12.1. The van der Waals surface area contributed by atoms with Gasteiger partial charge >= 0.3 is 6.18 Å². The number of nitrogen functional groups attached to an aromatic ring is 1. The molecule has 0 aliphatic rings. The maximum atomic E-state index is 12.3. The Morgan fingerprint density at radius 2 is 2.13 bits per heavy atom. The molecule has 0 atom stereocenters. The van der Waals surface area contributed by atoms with E-state index in [1.807, 2.05) is 0 Å². The molecule has 0 radical (unpaired) electrons. The van der Waals surface area contributed by atoms with E-state index in [-0.39, 0.29) is 11.9 Å². The van der Waals surface area contributed by atoms with Gasteiger partial charge in [-0.25, -0.2) is 0 Å². The van der Waals surface area contributed by atoms with Crippen molar-refractivity contribution in [2.45, 2.75) is 26.1 Å². The summed E-state index contributed by atoms with van der Waals surface area (Å²) in [5, 5.41) is 0.444. The van der Waals surface area contributed by atoms with Crippen molar-refractivity contribution < 1.29 is 13.2 Å². The molecule has 2 N–H and O–H groups in total. The molecule has 0 aromatic carbocycles. The van der Waals surface area contributed by atoms with Crippen LogP contribution in [0.25, 0.3) is 0 Å². The van der Waals surface area contributed by atoms with Gasteiger partial charge in [-0.05, 0) is 25.4 Å². The minimum absolute atomic E-state index is 0.244. The van der Waals surface area contributed by atoms with E-state index in [4.69, 9.17) is 5.73 Å². The van der Waals surface area contributed by atoms with Gasteiger partial charge in [0, 0.05) is 12.1 Å². The first-order chi connectivity index (χ1) is 6.79. The second kappa shape index (κ2) is 4.26. The van der Waals surface area contributed by atoms with Crippen LogP contribution >= 0.6 is 11.5 Å². The molecular weight excluding hydrogens is 227 g/mol. The Hall–Kier alpha value is -0.980. The van der Waals surface area contributed by atoms with Crippen LogP contribution in [0, 0.1) is 0 Å². The van der Waals surface area contributed by atoms with Gasteiger partial charge in [-0.2, -0.15) is 17.5 Å². The first kappa shape index (κ1) is 12.1. The molecule has 0 bridgehead atoms.